The summed E-state index contributed by atoms with van der Waals surface area (Å²) in [6.45, 7) is 3.83. The molecule has 2 fully saturated rings. The lowest BCUT2D eigenvalue weighted by Gasteiger charge is -2.23. The third kappa shape index (κ3) is 5.12. The van der Waals surface area contributed by atoms with Gasteiger partial charge in [0.05, 0.1) is 5.88 Å². The van der Waals surface area contributed by atoms with E-state index in [1.54, 1.807) is 23.6 Å². The summed E-state index contributed by atoms with van der Waals surface area (Å²) in [5.41, 5.74) is 0. The molecule has 2 saturated heterocycles. The summed E-state index contributed by atoms with van der Waals surface area (Å²) < 4.78 is 0. The zero-order chi connectivity index (χ0) is 16.7. The number of thioether (sulfide) groups is 1. The average molecular weight is 341 g/mol. The molecule has 2 heterocycles. The van der Waals surface area contributed by atoms with Crippen LogP contribution in [0, 0.1) is 0 Å². The third-order valence-electron chi connectivity index (χ3n) is 4.40. The number of carbonyl (C=O) groups excluding carboxylic acids is 3. The van der Waals surface area contributed by atoms with E-state index in [-0.39, 0.29) is 23.8 Å². The lowest BCUT2D eigenvalue weighted by atomic mass is 10.2. The maximum absolute atomic E-state index is 12.2. The first-order valence-electron chi connectivity index (χ1n) is 8.56. The van der Waals surface area contributed by atoms with Crippen molar-refractivity contribution < 1.29 is 14.4 Å². The van der Waals surface area contributed by atoms with Crippen LogP contribution in [0.25, 0.3) is 0 Å². The predicted octanol–water partition coefficient (Wildman–Crippen LogP) is 1.21. The zero-order valence-electron chi connectivity index (χ0n) is 13.9. The number of amides is 3. The number of nitrogens with one attached hydrogen (secondary N) is 1. The fourth-order valence-corrected chi connectivity index (χ4v) is 4.18. The Morgan fingerprint density at radius 3 is 2.43 bits per heavy atom. The van der Waals surface area contributed by atoms with Gasteiger partial charge in [-0.3, -0.25) is 14.4 Å². The quantitative estimate of drug-likeness (QED) is 0.816. The van der Waals surface area contributed by atoms with Crippen LogP contribution in [0.3, 0.4) is 0 Å². The molecule has 3 amide bonds. The van der Waals surface area contributed by atoms with Gasteiger partial charge in [-0.1, -0.05) is 19.8 Å². The molecule has 0 unspecified atom stereocenters. The number of carbonyl (C=O) groups is 3. The van der Waals surface area contributed by atoms with Gasteiger partial charge in [0.15, 0.2) is 0 Å². The van der Waals surface area contributed by atoms with E-state index in [0.717, 1.165) is 25.9 Å². The van der Waals surface area contributed by atoms with Gasteiger partial charge in [-0.05, 0) is 12.8 Å². The second-order valence-corrected chi connectivity index (χ2v) is 7.07. The third-order valence-corrected chi connectivity index (χ3v) is 5.42. The Morgan fingerprint density at radius 2 is 1.78 bits per heavy atom. The van der Waals surface area contributed by atoms with E-state index in [1.807, 2.05) is 4.90 Å². The summed E-state index contributed by atoms with van der Waals surface area (Å²) in [5.74, 6) is 1.21. The van der Waals surface area contributed by atoms with Crippen molar-refractivity contribution in [2.24, 2.45) is 0 Å². The highest BCUT2D eigenvalue weighted by Gasteiger charge is 2.33. The molecule has 0 aromatic rings. The lowest BCUT2D eigenvalue weighted by molar-refractivity contribution is -0.138. The SMILES string of the molecule is CCC(=O)N1CSC[C@H]1C(=O)NCCC(=O)N1CCCCCC1. The van der Waals surface area contributed by atoms with Crippen LogP contribution in [0.1, 0.15) is 45.4 Å². The molecule has 0 aliphatic carbocycles. The van der Waals surface area contributed by atoms with Crippen LogP contribution in [-0.2, 0) is 14.4 Å². The van der Waals surface area contributed by atoms with Crippen molar-refractivity contribution in [3.63, 3.8) is 0 Å². The van der Waals surface area contributed by atoms with Crippen molar-refractivity contribution in [3.8, 4) is 0 Å². The molecule has 1 atom stereocenters. The maximum Gasteiger partial charge on any atom is 0.243 e. The van der Waals surface area contributed by atoms with Crippen LogP contribution in [0.2, 0.25) is 0 Å². The van der Waals surface area contributed by atoms with Gasteiger partial charge in [0.2, 0.25) is 17.7 Å². The van der Waals surface area contributed by atoms with E-state index in [9.17, 15) is 14.4 Å². The molecule has 0 bridgehead atoms. The highest BCUT2D eigenvalue weighted by molar-refractivity contribution is 7.99. The highest BCUT2D eigenvalue weighted by atomic mass is 32.2. The fourth-order valence-electron chi connectivity index (χ4n) is 3.00. The van der Waals surface area contributed by atoms with Gasteiger partial charge < -0.3 is 15.1 Å². The van der Waals surface area contributed by atoms with Crippen LogP contribution in [0.5, 0.6) is 0 Å². The first-order chi connectivity index (χ1) is 11.1. The van der Waals surface area contributed by atoms with Crippen LogP contribution >= 0.6 is 11.8 Å². The van der Waals surface area contributed by atoms with Crippen molar-refractivity contribution in [1.82, 2.24) is 15.1 Å². The minimum absolute atomic E-state index is 0.00999. The number of hydrogen-bond acceptors (Lipinski definition) is 4. The Bertz CT molecular complexity index is 436. The van der Waals surface area contributed by atoms with Crippen molar-refractivity contribution in [3.05, 3.63) is 0 Å². The first-order valence-corrected chi connectivity index (χ1v) is 9.71. The van der Waals surface area contributed by atoms with Crippen molar-refractivity contribution in [1.29, 1.82) is 0 Å². The fraction of sp³-hybridized carbons (Fsp3) is 0.812. The normalized spacial score (nSPS) is 21.9. The Labute approximate surface area is 142 Å². The molecule has 7 heteroatoms. The van der Waals surface area contributed by atoms with Crippen LogP contribution < -0.4 is 5.32 Å². The molecule has 0 radical (unpaired) electrons. The maximum atomic E-state index is 12.2. The molecule has 0 spiro atoms. The summed E-state index contributed by atoms with van der Waals surface area (Å²) in [6, 6.07) is -0.388. The number of nitrogens with zero attached hydrogens (tertiary/aromatic N) is 2. The molecule has 2 aliphatic rings. The van der Waals surface area contributed by atoms with Gasteiger partial charge in [-0.15, -0.1) is 11.8 Å². The largest absolute Gasteiger partial charge is 0.354 e. The standard InChI is InChI=1S/C16H27N3O3S/c1-2-14(20)19-12-23-11-13(19)16(22)17-8-7-15(21)18-9-5-3-4-6-10-18/h13H,2-12H2,1H3,(H,17,22)/t13-/m0/s1. The van der Waals surface area contributed by atoms with Gasteiger partial charge in [0.1, 0.15) is 6.04 Å². The Hall–Kier alpha value is -1.24. The second kappa shape index (κ2) is 9.15. The first kappa shape index (κ1) is 18.1. The molecule has 23 heavy (non-hydrogen) atoms. The minimum Gasteiger partial charge on any atom is -0.354 e. The minimum atomic E-state index is -0.388. The molecule has 0 saturated carbocycles. The molecular formula is C16H27N3O3S. The Morgan fingerprint density at radius 1 is 1.09 bits per heavy atom. The van der Waals surface area contributed by atoms with Crippen LogP contribution in [0.4, 0.5) is 0 Å². The van der Waals surface area contributed by atoms with E-state index >= 15 is 0 Å². The van der Waals surface area contributed by atoms with E-state index in [4.69, 9.17) is 0 Å². The molecular weight excluding hydrogens is 314 g/mol. The number of hydrogen-bond donors (Lipinski definition) is 1. The zero-order valence-corrected chi connectivity index (χ0v) is 14.7. The lowest BCUT2D eigenvalue weighted by Crippen LogP contribution is -2.47. The molecule has 0 aromatic heterocycles. The van der Waals surface area contributed by atoms with Crippen molar-refractivity contribution >= 4 is 29.5 Å². The predicted molar refractivity (Wildman–Crippen MR) is 90.9 cm³/mol. The molecule has 2 aliphatic heterocycles. The van der Waals surface area contributed by atoms with Gasteiger partial charge in [-0.25, -0.2) is 0 Å². The number of likely N-dealkylation sites (tertiary alicyclic amines) is 1. The van der Waals surface area contributed by atoms with Gasteiger partial charge in [-0.2, -0.15) is 0 Å². The Kier molecular flexibility index (Phi) is 7.20. The highest BCUT2D eigenvalue weighted by Crippen LogP contribution is 2.21. The van der Waals surface area contributed by atoms with Crippen molar-refractivity contribution in [2.75, 3.05) is 31.3 Å². The molecule has 6 nitrogen and oxygen atoms in total. The van der Waals surface area contributed by atoms with E-state index in [2.05, 4.69) is 5.32 Å². The summed E-state index contributed by atoms with van der Waals surface area (Å²) in [5, 5.41) is 2.83. The molecule has 1 N–H and O–H groups in total. The molecule has 2 rings (SSSR count). The average Bonchev–Trinajstić information content (AvgIpc) is 2.89. The topological polar surface area (TPSA) is 69.7 Å². The van der Waals surface area contributed by atoms with Crippen LogP contribution in [-0.4, -0.2) is 64.8 Å². The summed E-state index contributed by atoms with van der Waals surface area (Å²) in [6.07, 6.45) is 5.30. The summed E-state index contributed by atoms with van der Waals surface area (Å²) in [7, 11) is 0. The second-order valence-electron chi connectivity index (χ2n) is 6.07. The monoisotopic (exact) mass is 341 g/mol. The van der Waals surface area contributed by atoms with Gasteiger partial charge in [0, 0.05) is 38.2 Å². The van der Waals surface area contributed by atoms with Crippen molar-refractivity contribution in [2.45, 2.75) is 51.5 Å². The van der Waals surface area contributed by atoms with Crippen LogP contribution in [0.15, 0.2) is 0 Å². The van der Waals surface area contributed by atoms with E-state index in [0.29, 0.717) is 31.0 Å². The number of rotatable bonds is 5. The molecule has 0 aromatic carbocycles. The summed E-state index contributed by atoms with van der Waals surface area (Å²) >= 11 is 1.60. The summed E-state index contributed by atoms with van der Waals surface area (Å²) in [4.78, 5) is 39.8. The Balaban J connectivity index is 1.73. The van der Waals surface area contributed by atoms with E-state index in [1.165, 1.54) is 12.8 Å². The van der Waals surface area contributed by atoms with E-state index < -0.39 is 0 Å². The van der Waals surface area contributed by atoms with Gasteiger partial charge >= 0.3 is 0 Å². The van der Waals surface area contributed by atoms with Gasteiger partial charge in [0.25, 0.3) is 0 Å². The smallest absolute Gasteiger partial charge is 0.243 e. The molecule has 130 valence electrons.